The Morgan fingerprint density at radius 2 is 1.73 bits per heavy atom. The summed E-state index contributed by atoms with van der Waals surface area (Å²) in [5.74, 6) is 0. The topological polar surface area (TPSA) is 46.2 Å². The molecular weight excluding hydrogens is 138 g/mol. The Bertz CT molecular complexity index is 91.6. The maximum Gasteiger partial charge on any atom is 0.113 e. The van der Waals surface area contributed by atoms with Gasteiger partial charge in [0, 0.05) is 0 Å². The number of rotatable bonds is 6. The summed E-state index contributed by atoms with van der Waals surface area (Å²) in [4.78, 5) is 0. The molecule has 0 saturated heterocycles. The molecule has 0 spiro atoms. The van der Waals surface area contributed by atoms with Crippen LogP contribution < -0.4 is 5.73 Å². The zero-order valence-electron chi connectivity index (χ0n) is 7.77. The quantitative estimate of drug-likeness (QED) is 0.460. The first-order chi connectivity index (χ1) is 5.12. The minimum atomic E-state index is -0.899. The van der Waals surface area contributed by atoms with Crippen LogP contribution in [0.4, 0.5) is 0 Å². The van der Waals surface area contributed by atoms with E-state index < -0.39 is 5.72 Å². The molecule has 0 radical (unpaired) electrons. The van der Waals surface area contributed by atoms with E-state index in [-0.39, 0.29) is 0 Å². The molecule has 2 heteroatoms. The van der Waals surface area contributed by atoms with Crippen molar-refractivity contribution in [3.8, 4) is 0 Å². The van der Waals surface area contributed by atoms with Gasteiger partial charge in [-0.15, -0.1) is 0 Å². The predicted molar refractivity (Wildman–Crippen MR) is 48.2 cm³/mol. The zero-order chi connectivity index (χ0) is 8.74. The molecule has 0 amide bonds. The minimum Gasteiger partial charge on any atom is -0.376 e. The number of hydrogen-bond acceptors (Lipinski definition) is 2. The van der Waals surface area contributed by atoms with Crippen LogP contribution >= 0.6 is 0 Å². The summed E-state index contributed by atoms with van der Waals surface area (Å²) in [5, 5.41) is 9.52. The van der Waals surface area contributed by atoms with Crippen molar-refractivity contribution in [1.29, 1.82) is 0 Å². The summed E-state index contributed by atoms with van der Waals surface area (Å²) in [6.45, 7) is 4.19. The van der Waals surface area contributed by atoms with E-state index >= 15 is 0 Å². The van der Waals surface area contributed by atoms with E-state index in [0.29, 0.717) is 0 Å². The molecule has 0 aliphatic rings. The summed E-state index contributed by atoms with van der Waals surface area (Å²) >= 11 is 0. The van der Waals surface area contributed by atoms with Crippen molar-refractivity contribution >= 4 is 0 Å². The maximum atomic E-state index is 9.52. The van der Waals surface area contributed by atoms with Crippen LogP contribution in [0.1, 0.15) is 52.4 Å². The Balaban J connectivity index is 3.38. The SMILES string of the molecule is CCCCCC(N)(O)CCC. The Labute approximate surface area is 69.8 Å². The third-order valence-corrected chi connectivity index (χ3v) is 1.90. The van der Waals surface area contributed by atoms with Crippen LogP contribution in [-0.2, 0) is 0 Å². The van der Waals surface area contributed by atoms with E-state index in [1.807, 2.05) is 6.92 Å². The molecule has 3 N–H and O–H groups in total. The molecule has 0 bridgehead atoms. The van der Waals surface area contributed by atoms with Gasteiger partial charge in [0.05, 0.1) is 0 Å². The van der Waals surface area contributed by atoms with Crippen molar-refractivity contribution in [2.24, 2.45) is 5.73 Å². The lowest BCUT2D eigenvalue weighted by Crippen LogP contribution is -2.39. The van der Waals surface area contributed by atoms with Crippen LogP contribution in [0.5, 0.6) is 0 Å². The molecule has 0 aliphatic carbocycles. The molecule has 0 saturated carbocycles. The van der Waals surface area contributed by atoms with Crippen LogP contribution in [0.3, 0.4) is 0 Å². The van der Waals surface area contributed by atoms with Gasteiger partial charge in [-0.3, -0.25) is 0 Å². The largest absolute Gasteiger partial charge is 0.376 e. The summed E-state index contributed by atoms with van der Waals surface area (Å²) in [5.41, 5.74) is 4.72. The lowest BCUT2D eigenvalue weighted by molar-refractivity contribution is 0.0260. The Morgan fingerprint density at radius 3 is 2.18 bits per heavy atom. The van der Waals surface area contributed by atoms with E-state index in [9.17, 15) is 5.11 Å². The van der Waals surface area contributed by atoms with Crippen LogP contribution in [-0.4, -0.2) is 10.8 Å². The molecule has 0 aromatic rings. The van der Waals surface area contributed by atoms with E-state index in [4.69, 9.17) is 5.73 Å². The summed E-state index contributed by atoms with van der Waals surface area (Å²) in [6.07, 6.45) is 5.82. The van der Waals surface area contributed by atoms with Gasteiger partial charge in [-0.1, -0.05) is 33.1 Å². The van der Waals surface area contributed by atoms with Crippen LogP contribution in [0.2, 0.25) is 0 Å². The Kier molecular flexibility index (Phi) is 5.51. The lowest BCUT2D eigenvalue weighted by atomic mass is 10.0. The van der Waals surface area contributed by atoms with E-state index in [1.165, 1.54) is 12.8 Å². The third-order valence-electron chi connectivity index (χ3n) is 1.90. The standard InChI is InChI=1S/C9H21NO/c1-3-5-6-8-9(10,11)7-4-2/h11H,3-8,10H2,1-2H3. The molecule has 0 aromatic carbocycles. The highest BCUT2D eigenvalue weighted by atomic mass is 16.3. The van der Waals surface area contributed by atoms with Gasteiger partial charge < -0.3 is 10.8 Å². The van der Waals surface area contributed by atoms with Gasteiger partial charge in [0.1, 0.15) is 5.72 Å². The second kappa shape index (κ2) is 5.56. The van der Waals surface area contributed by atoms with Gasteiger partial charge in [0.2, 0.25) is 0 Å². The van der Waals surface area contributed by atoms with E-state index in [1.54, 1.807) is 0 Å². The molecule has 1 unspecified atom stereocenters. The first-order valence-corrected chi connectivity index (χ1v) is 4.63. The maximum absolute atomic E-state index is 9.52. The second-order valence-corrected chi connectivity index (χ2v) is 3.31. The number of unbranched alkanes of at least 4 members (excludes halogenated alkanes) is 2. The molecule has 0 aromatic heterocycles. The molecule has 11 heavy (non-hydrogen) atoms. The molecule has 0 fully saturated rings. The fourth-order valence-corrected chi connectivity index (χ4v) is 1.24. The van der Waals surface area contributed by atoms with E-state index in [0.717, 1.165) is 25.7 Å². The molecule has 2 nitrogen and oxygen atoms in total. The van der Waals surface area contributed by atoms with Crippen LogP contribution in [0, 0.1) is 0 Å². The van der Waals surface area contributed by atoms with Crippen LogP contribution in [0.15, 0.2) is 0 Å². The smallest absolute Gasteiger partial charge is 0.113 e. The van der Waals surface area contributed by atoms with Crippen LogP contribution in [0.25, 0.3) is 0 Å². The average molecular weight is 159 g/mol. The molecular formula is C9H21NO. The van der Waals surface area contributed by atoms with Gasteiger partial charge in [0.15, 0.2) is 0 Å². The highest BCUT2D eigenvalue weighted by molar-refractivity contribution is 4.69. The molecule has 68 valence electrons. The summed E-state index contributed by atoms with van der Waals surface area (Å²) < 4.78 is 0. The number of hydrogen-bond donors (Lipinski definition) is 2. The van der Waals surface area contributed by atoms with E-state index in [2.05, 4.69) is 6.92 Å². The fourth-order valence-electron chi connectivity index (χ4n) is 1.24. The zero-order valence-corrected chi connectivity index (χ0v) is 7.77. The second-order valence-electron chi connectivity index (χ2n) is 3.31. The normalized spacial score (nSPS) is 16.4. The summed E-state index contributed by atoms with van der Waals surface area (Å²) in [7, 11) is 0. The molecule has 1 atom stereocenters. The molecule has 0 rings (SSSR count). The average Bonchev–Trinajstić information content (AvgIpc) is 1.87. The Hall–Kier alpha value is -0.0800. The van der Waals surface area contributed by atoms with Gasteiger partial charge >= 0.3 is 0 Å². The fraction of sp³-hybridized carbons (Fsp3) is 1.00. The van der Waals surface area contributed by atoms with Crippen molar-refractivity contribution in [3.05, 3.63) is 0 Å². The van der Waals surface area contributed by atoms with Gasteiger partial charge in [0.25, 0.3) is 0 Å². The van der Waals surface area contributed by atoms with Gasteiger partial charge in [-0.05, 0) is 19.3 Å². The lowest BCUT2D eigenvalue weighted by Gasteiger charge is -2.21. The third kappa shape index (κ3) is 6.32. The monoisotopic (exact) mass is 159 g/mol. The highest BCUT2D eigenvalue weighted by Crippen LogP contribution is 2.14. The van der Waals surface area contributed by atoms with Crippen molar-refractivity contribution in [2.45, 2.75) is 58.1 Å². The number of aliphatic hydroxyl groups is 1. The molecule has 0 heterocycles. The van der Waals surface area contributed by atoms with Gasteiger partial charge in [-0.2, -0.15) is 0 Å². The van der Waals surface area contributed by atoms with Crippen molar-refractivity contribution in [3.63, 3.8) is 0 Å². The highest BCUT2D eigenvalue weighted by Gasteiger charge is 2.17. The predicted octanol–water partition coefficient (Wildman–Crippen LogP) is 2.01. The first kappa shape index (κ1) is 10.9. The number of nitrogens with two attached hydrogens (primary N) is 1. The minimum absolute atomic E-state index is 0.719. The summed E-state index contributed by atoms with van der Waals surface area (Å²) in [6, 6.07) is 0. The van der Waals surface area contributed by atoms with Crippen molar-refractivity contribution in [1.82, 2.24) is 0 Å². The van der Waals surface area contributed by atoms with Crippen molar-refractivity contribution in [2.75, 3.05) is 0 Å². The molecule has 0 aliphatic heterocycles. The Morgan fingerprint density at radius 1 is 1.09 bits per heavy atom. The first-order valence-electron chi connectivity index (χ1n) is 4.63. The van der Waals surface area contributed by atoms with Crippen molar-refractivity contribution < 1.29 is 5.11 Å². The van der Waals surface area contributed by atoms with Gasteiger partial charge in [-0.25, -0.2) is 0 Å².